The molecular formula is C18H15F2N3O2. The quantitative estimate of drug-likeness (QED) is 0.747. The van der Waals surface area contributed by atoms with E-state index in [1.807, 2.05) is 0 Å². The molecule has 0 radical (unpaired) electrons. The van der Waals surface area contributed by atoms with E-state index in [-0.39, 0.29) is 29.5 Å². The van der Waals surface area contributed by atoms with Crippen LogP contribution in [0.5, 0.6) is 0 Å². The smallest absolute Gasteiger partial charge is 0.228 e. The van der Waals surface area contributed by atoms with E-state index in [0.29, 0.717) is 18.9 Å². The molecule has 3 rings (SSSR count). The molecule has 0 spiro atoms. The van der Waals surface area contributed by atoms with Crippen molar-refractivity contribution in [1.29, 1.82) is 0 Å². The van der Waals surface area contributed by atoms with Crippen molar-refractivity contribution in [3.05, 3.63) is 71.6 Å². The van der Waals surface area contributed by atoms with Gasteiger partial charge in [0.25, 0.3) is 0 Å². The summed E-state index contributed by atoms with van der Waals surface area (Å²) in [4.78, 5) is 16.0. The lowest BCUT2D eigenvalue weighted by Crippen LogP contribution is -2.27. The van der Waals surface area contributed by atoms with Crippen LogP contribution in [0.4, 0.5) is 8.78 Å². The molecule has 25 heavy (non-hydrogen) atoms. The summed E-state index contributed by atoms with van der Waals surface area (Å²) in [6.07, 6.45) is 0.487. The Morgan fingerprint density at radius 1 is 1.08 bits per heavy atom. The van der Waals surface area contributed by atoms with Crippen LogP contribution >= 0.6 is 0 Å². The fourth-order valence-electron chi connectivity index (χ4n) is 2.27. The van der Waals surface area contributed by atoms with Gasteiger partial charge in [-0.25, -0.2) is 8.78 Å². The topological polar surface area (TPSA) is 68.0 Å². The van der Waals surface area contributed by atoms with E-state index in [4.69, 9.17) is 4.52 Å². The minimum atomic E-state index is -0.428. The Hall–Kier alpha value is -3.09. The number of hydrogen-bond donors (Lipinski definition) is 1. The van der Waals surface area contributed by atoms with Gasteiger partial charge in [0.1, 0.15) is 11.6 Å². The third-order valence-electron chi connectivity index (χ3n) is 3.52. The Balaban J connectivity index is 1.50. The van der Waals surface area contributed by atoms with Crippen LogP contribution in [-0.2, 0) is 17.6 Å². The summed E-state index contributed by atoms with van der Waals surface area (Å²) in [5.74, 6) is -0.486. The Morgan fingerprint density at radius 3 is 2.60 bits per heavy atom. The molecule has 0 unspecified atom stereocenters. The highest BCUT2D eigenvalue weighted by Crippen LogP contribution is 2.19. The van der Waals surface area contributed by atoms with E-state index in [1.165, 1.54) is 18.2 Å². The van der Waals surface area contributed by atoms with E-state index < -0.39 is 5.82 Å². The summed E-state index contributed by atoms with van der Waals surface area (Å²) in [7, 11) is 0. The normalized spacial score (nSPS) is 10.6. The van der Waals surface area contributed by atoms with Crippen LogP contribution < -0.4 is 5.32 Å². The van der Waals surface area contributed by atoms with Crippen molar-refractivity contribution < 1.29 is 18.1 Å². The Morgan fingerprint density at radius 2 is 1.84 bits per heavy atom. The maximum absolute atomic E-state index is 13.7. The van der Waals surface area contributed by atoms with Gasteiger partial charge in [0, 0.05) is 13.0 Å². The summed E-state index contributed by atoms with van der Waals surface area (Å²) in [5, 5.41) is 6.47. The number of halogens is 2. The summed E-state index contributed by atoms with van der Waals surface area (Å²) in [6.45, 7) is 0.304. The third kappa shape index (κ3) is 4.47. The van der Waals surface area contributed by atoms with Crippen LogP contribution in [0.3, 0.4) is 0 Å². The minimum absolute atomic E-state index is 0.157. The summed E-state index contributed by atoms with van der Waals surface area (Å²) >= 11 is 0. The highest BCUT2D eigenvalue weighted by molar-refractivity contribution is 5.78. The maximum atomic E-state index is 13.7. The SMILES string of the molecule is O=C(Cc1ccc(F)cc1)NCCc1nc(-c2ccccc2F)no1. The first kappa shape index (κ1) is 16.8. The average molecular weight is 343 g/mol. The zero-order chi connectivity index (χ0) is 17.6. The van der Waals surface area contributed by atoms with Gasteiger partial charge < -0.3 is 9.84 Å². The Labute approximate surface area is 142 Å². The van der Waals surface area contributed by atoms with Gasteiger partial charge in [0.05, 0.1) is 12.0 Å². The predicted molar refractivity (Wildman–Crippen MR) is 86.5 cm³/mol. The first-order valence-electron chi connectivity index (χ1n) is 7.70. The number of nitrogens with zero attached hydrogens (tertiary/aromatic N) is 2. The van der Waals surface area contributed by atoms with E-state index >= 15 is 0 Å². The van der Waals surface area contributed by atoms with Crippen LogP contribution in [0.15, 0.2) is 53.1 Å². The molecule has 1 N–H and O–H groups in total. The summed E-state index contributed by atoms with van der Waals surface area (Å²) in [6, 6.07) is 11.9. The first-order chi connectivity index (χ1) is 12.1. The number of rotatable bonds is 6. The van der Waals surface area contributed by atoms with Gasteiger partial charge in [0.15, 0.2) is 0 Å². The molecule has 0 saturated carbocycles. The number of benzene rings is 2. The number of hydrogen-bond acceptors (Lipinski definition) is 4. The van der Waals surface area contributed by atoms with Crippen LogP contribution in [0.1, 0.15) is 11.5 Å². The fourth-order valence-corrected chi connectivity index (χ4v) is 2.27. The summed E-state index contributed by atoms with van der Waals surface area (Å²) in [5.41, 5.74) is 0.983. The molecule has 0 saturated heterocycles. The lowest BCUT2D eigenvalue weighted by Gasteiger charge is -2.03. The van der Waals surface area contributed by atoms with Crippen molar-refractivity contribution in [3.63, 3.8) is 0 Å². The standard InChI is InChI=1S/C18H15F2N3O2/c19-13-7-5-12(6-8-13)11-16(24)21-10-9-17-22-18(23-25-17)14-3-1-2-4-15(14)20/h1-8H,9-11H2,(H,21,24). The van der Waals surface area contributed by atoms with Gasteiger partial charge in [-0.15, -0.1) is 0 Å². The lowest BCUT2D eigenvalue weighted by molar-refractivity contribution is -0.120. The molecule has 0 fully saturated rings. The molecule has 128 valence electrons. The van der Waals surface area contributed by atoms with Crippen LogP contribution in [0.2, 0.25) is 0 Å². The minimum Gasteiger partial charge on any atom is -0.355 e. The van der Waals surface area contributed by atoms with Gasteiger partial charge in [-0.1, -0.05) is 29.4 Å². The van der Waals surface area contributed by atoms with Crippen molar-refractivity contribution in [3.8, 4) is 11.4 Å². The predicted octanol–water partition coefficient (Wildman–Crippen LogP) is 2.92. The van der Waals surface area contributed by atoms with Crippen molar-refractivity contribution in [2.24, 2.45) is 0 Å². The molecule has 7 heteroatoms. The molecule has 1 heterocycles. The van der Waals surface area contributed by atoms with Crippen molar-refractivity contribution in [2.75, 3.05) is 6.54 Å². The second-order valence-corrected chi connectivity index (χ2v) is 5.39. The van der Waals surface area contributed by atoms with Crippen LogP contribution in [0, 0.1) is 11.6 Å². The largest absolute Gasteiger partial charge is 0.355 e. The monoisotopic (exact) mass is 343 g/mol. The second-order valence-electron chi connectivity index (χ2n) is 5.39. The molecule has 0 bridgehead atoms. The van der Waals surface area contributed by atoms with Crippen molar-refractivity contribution in [1.82, 2.24) is 15.5 Å². The lowest BCUT2D eigenvalue weighted by atomic mass is 10.1. The molecule has 2 aromatic carbocycles. The van der Waals surface area contributed by atoms with Gasteiger partial charge in [-0.05, 0) is 29.8 Å². The number of carbonyl (C=O) groups is 1. The van der Waals surface area contributed by atoms with Crippen LogP contribution in [0.25, 0.3) is 11.4 Å². The molecule has 0 aliphatic carbocycles. The number of amides is 1. The van der Waals surface area contributed by atoms with Crippen LogP contribution in [-0.4, -0.2) is 22.6 Å². The van der Waals surface area contributed by atoms with Crippen molar-refractivity contribution in [2.45, 2.75) is 12.8 Å². The zero-order valence-electron chi connectivity index (χ0n) is 13.2. The zero-order valence-corrected chi connectivity index (χ0v) is 13.2. The fraction of sp³-hybridized carbons (Fsp3) is 0.167. The number of aromatic nitrogens is 2. The van der Waals surface area contributed by atoms with E-state index in [0.717, 1.165) is 5.56 Å². The molecule has 0 aliphatic heterocycles. The van der Waals surface area contributed by atoms with E-state index in [9.17, 15) is 13.6 Å². The van der Waals surface area contributed by atoms with E-state index in [1.54, 1.807) is 30.3 Å². The van der Waals surface area contributed by atoms with Gasteiger partial charge in [-0.3, -0.25) is 4.79 Å². The molecule has 1 aromatic heterocycles. The highest BCUT2D eigenvalue weighted by atomic mass is 19.1. The number of carbonyl (C=O) groups excluding carboxylic acids is 1. The maximum Gasteiger partial charge on any atom is 0.228 e. The van der Waals surface area contributed by atoms with Crippen molar-refractivity contribution >= 4 is 5.91 Å². The molecular weight excluding hydrogens is 328 g/mol. The Bertz CT molecular complexity index is 863. The molecule has 1 amide bonds. The van der Waals surface area contributed by atoms with Gasteiger partial charge >= 0.3 is 0 Å². The summed E-state index contributed by atoms with van der Waals surface area (Å²) < 4.78 is 31.6. The molecule has 0 atom stereocenters. The second kappa shape index (κ2) is 7.65. The van der Waals surface area contributed by atoms with E-state index in [2.05, 4.69) is 15.5 Å². The molecule has 0 aliphatic rings. The average Bonchev–Trinajstić information content (AvgIpc) is 3.06. The molecule has 5 nitrogen and oxygen atoms in total. The third-order valence-corrected chi connectivity index (χ3v) is 3.52. The van der Waals surface area contributed by atoms with Gasteiger partial charge in [0.2, 0.25) is 17.6 Å². The first-order valence-corrected chi connectivity index (χ1v) is 7.70. The Kier molecular flexibility index (Phi) is 5.13. The molecule has 3 aromatic rings. The number of nitrogens with one attached hydrogen (secondary N) is 1. The highest BCUT2D eigenvalue weighted by Gasteiger charge is 2.12. The van der Waals surface area contributed by atoms with Gasteiger partial charge in [-0.2, -0.15) is 4.98 Å².